The van der Waals surface area contributed by atoms with Crippen LogP contribution >= 0.6 is 0 Å². The molecule has 2 N–H and O–H groups in total. The van der Waals surface area contributed by atoms with E-state index in [4.69, 9.17) is 9.84 Å². The highest BCUT2D eigenvalue weighted by Gasteiger charge is 2.20. The van der Waals surface area contributed by atoms with E-state index in [1.807, 2.05) is 29.3 Å². The molecule has 0 radical (unpaired) electrons. The number of anilines is 1. The molecule has 0 atom stereocenters. The van der Waals surface area contributed by atoms with Crippen molar-refractivity contribution in [3.63, 3.8) is 0 Å². The Kier molecular flexibility index (Phi) is 7.77. The molecular formula is C32H29FN6O4. The fourth-order valence-corrected chi connectivity index (χ4v) is 5.59. The topological polar surface area (TPSA) is 127 Å². The second-order valence-electron chi connectivity index (χ2n) is 10.5. The Bertz CT molecular complexity index is 1920. The molecule has 0 spiro atoms. The largest absolute Gasteiger partial charge is 0.479 e. The van der Waals surface area contributed by atoms with Crippen molar-refractivity contribution in [1.82, 2.24) is 19.4 Å². The summed E-state index contributed by atoms with van der Waals surface area (Å²) in [5.41, 5.74) is 3.80. The van der Waals surface area contributed by atoms with Crippen LogP contribution in [-0.4, -0.2) is 69.8 Å². The van der Waals surface area contributed by atoms with Crippen molar-refractivity contribution in [1.29, 1.82) is 5.26 Å². The number of hydrogen-bond acceptors (Lipinski definition) is 7. The van der Waals surface area contributed by atoms with Crippen LogP contribution in [0, 0.1) is 17.1 Å². The van der Waals surface area contributed by atoms with Gasteiger partial charge in [0, 0.05) is 61.6 Å². The Morgan fingerprint density at radius 2 is 1.91 bits per heavy atom. The lowest BCUT2D eigenvalue weighted by atomic mass is 10.1. The number of nitrogens with one attached hydrogen (secondary N) is 1. The van der Waals surface area contributed by atoms with E-state index < -0.39 is 18.4 Å². The van der Waals surface area contributed by atoms with Crippen LogP contribution in [0.15, 0.2) is 71.8 Å². The predicted octanol–water partition coefficient (Wildman–Crippen LogP) is 4.10. The quantitative estimate of drug-likeness (QED) is 0.267. The van der Waals surface area contributed by atoms with E-state index in [1.165, 1.54) is 34.5 Å². The Morgan fingerprint density at radius 3 is 2.67 bits per heavy atom. The van der Waals surface area contributed by atoms with Crippen LogP contribution < -0.4 is 15.2 Å². The SMILES string of the molecule is N#Cc1ccc2[nH]cc(CCCN3CCN(c4ccc(-n5ccc6nc(OCC(=O)O)ccc6c5=O)cc4F)CC3)c2c1. The first-order chi connectivity index (χ1) is 20.9. The molecule has 6 rings (SSSR count). The van der Waals surface area contributed by atoms with Crippen LogP contribution in [0.3, 0.4) is 0 Å². The van der Waals surface area contributed by atoms with Crippen LogP contribution in [0.5, 0.6) is 5.88 Å². The van der Waals surface area contributed by atoms with Crippen LogP contribution in [0.4, 0.5) is 10.1 Å². The summed E-state index contributed by atoms with van der Waals surface area (Å²) in [6, 6.07) is 17.3. The highest BCUT2D eigenvalue weighted by atomic mass is 19.1. The standard InChI is InChI=1S/C32H29FN6O4/c33-26-17-23(39-11-9-28-24(32(39)42)5-8-30(36-28)43-20-31(40)41)4-7-29(26)38-14-12-37(13-15-38)10-1-2-22-19-35-27-6-3-21(18-34)16-25(22)27/h3-9,11,16-17,19,35H,1-2,10,12-15,20H2,(H,40,41). The summed E-state index contributed by atoms with van der Waals surface area (Å²) in [6.45, 7) is 3.44. The summed E-state index contributed by atoms with van der Waals surface area (Å²) in [6.07, 6.45) is 5.44. The first-order valence-corrected chi connectivity index (χ1v) is 14.0. The fraction of sp³-hybridized carbons (Fsp3) is 0.250. The molecule has 1 saturated heterocycles. The minimum atomic E-state index is -1.13. The molecule has 2 aromatic carbocycles. The van der Waals surface area contributed by atoms with Crippen molar-refractivity contribution in [2.24, 2.45) is 0 Å². The van der Waals surface area contributed by atoms with Gasteiger partial charge in [0.2, 0.25) is 5.88 Å². The van der Waals surface area contributed by atoms with E-state index in [1.54, 1.807) is 18.2 Å². The molecule has 11 heteroatoms. The molecule has 5 aromatic rings. The molecule has 4 heterocycles. The zero-order chi connectivity index (χ0) is 29.9. The average molecular weight is 581 g/mol. The summed E-state index contributed by atoms with van der Waals surface area (Å²) < 4.78 is 21.8. The summed E-state index contributed by atoms with van der Waals surface area (Å²) in [5.74, 6) is -1.42. The van der Waals surface area contributed by atoms with Gasteiger partial charge in [-0.05, 0) is 67.4 Å². The first-order valence-electron chi connectivity index (χ1n) is 14.0. The number of aromatic nitrogens is 3. The molecule has 218 valence electrons. The molecule has 1 aliphatic heterocycles. The van der Waals surface area contributed by atoms with Crippen molar-refractivity contribution < 1.29 is 19.0 Å². The van der Waals surface area contributed by atoms with Gasteiger partial charge in [-0.15, -0.1) is 0 Å². The molecular weight excluding hydrogens is 551 g/mol. The lowest BCUT2D eigenvalue weighted by Gasteiger charge is -2.36. The molecule has 1 aliphatic rings. The number of hydrogen-bond donors (Lipinski definition) is 2. The van der Waals surface area contributed by atoms with Crippen LogP contribution in [-0.2, 0) is 11.2 Å². The number of benzene rings is 2. The van der Waals surface area contributed by atoms with Crippen molar-refractivity contribution in [2.45, 2.75) is 12.8 Å². The van der Waals surface area contributed by atoms with E-state index in [2.05, 4.69) is 20.9 Å². The lowest BCUT2D eigenvalue weighted by molar-refractivity contribution is -0.139. The number of fused-ring (bicyclic) bond motifs is 2. The molecule has 0 unspecified atom stereocenters. The highest BCUT2D eigenvalue weighted by Crippen LogP contribution is 2.25. The van der Waals surface area contributed by atoms with Gasteiger partial charge in [-0.25, -0.2) is 14.2 Å². The second-order valence-corrected chi connectivity index (χ2v) is 10.5. The van der Waals surface area contributed by atoms with E-state index in [0.29, 0.717) is 40.9 Å². The molecule has 10 nitrogen and oxygen atoms in total. The van der Waals surface area contributed by atoms with Crippen LogP contribution in [0.1, 0.15) is 17.5 Å². The third kappa shape index (κ3) is 5.91. The number of aryl methyl sites for hydroxylation is 1. The van der Waals surface area contributed by atoms with Gasteiger partial charge in [-0.3, -0.25) is 14.3 Å². The maximum atomic E-state index is 15.3. The lowest BCUT2D eigenvalue weighted by Crippen LogP contribution is -2.47. The Hall–Kier alpha value is -5.21. The Morgan fingerprint density at radius 1 is 1.07 bits per heavy atom. The normalized spacial score (nSPS) is 13.8. The number of pyridine rings is 2. The Balaban J connectivity index is 1.07. The molecule has 0 aliphatic carbocycles. The number of ether oxygens (including phenoxy) is 1. The predicted molar refractivity (Wildman–Crippen MR) is 160 cm³/mol. The Labute approximate surface area is 246 Å². The number of carboxylic acids is 1. The molecule has 1 fully saturated rings. The third-order valence-electron chi connectivity index (χ3n) is 7.81. The van der Waals surface area contributed by atoms with Gasteiger partial charge in [-0.2, -0.15) is 5.26 Å². The summed E-state index contributed by atoms with van der Waals surface area (Å²) in [5, 5.41) is 19.4. The third-order valence-corrected chi connectivity index (χ3v) is 7.81. The van der Waals surface area contributed by atoms with E-state index in [-0.39, 0.29) is 11.4 Å². The second kappa shape index (κ2) is 12.0. The van der Waals surface area contributed by atoms with Crippen LogP contribution in [0.25, 0.3) is 27.5 Å². The highest BCUT2D eigenvalue weighted by molar-refractivity contribution is 5.84. The van der Waals surface area contributed by atoms with E-state index >= 15 is 4.39 Å². The zero-order valence-corrected chi connectivity index (χ0v) is 23.3. The number of carboxylic acid groups (broad SMARTS) is 1. The molecule has 0 saturated carbocycles. The van der Waals surface area contributed by atoms with Crippen molar-refractivity contribution in [3.05, 3.63) is 94.3 Å². The monoisotopic (exact) mass is 580 g/mol. The maximum absolute atomic E-state index is 15.3. The van der Waals surface area contributed by atoms with Gasteiger partial charge in [0.05, 0.1) is 33.9 Å². The number of halogens is 1. The van der Waals surface area contributed by atoms with Crippen LogP contribution in [0.2, 0.25) is 0 Å². The minimum absolute atomic E-state index is 0.104. The summed E-state index contributed by atoms with van der Waals surface area (Å²) in [4.78, 5) is 35.8. The maximum Gasteiger partial charge on any atom is 0.341 e. The van der Waals surface area contributed by atoms with Gasteiger partial charge in [0.25, 0.3) is 5.56 Å². The number of H-pyrrole nitrogens is 1. The van der Waals surface area contributed by atoms with Crippen molar-refractivity contribution in [2.75, 3.05) is 44.2 Å². The number of aliphatic carboxylic acids is 1. The first kappa shape index (κ1) is 27.9. The molecule has 43 heavy (non-hydrogen) atoms. The van der Waals surface area contributed by atoms with Gasteiger partial charge in [-0.1, -0.05) is 0 Å². The number of rotatable bonds is 9. The van der Waals surface area contributed by atoms with E-state index in [9.17, 15) is 14.9 Å². The van der Waals surface area contributed by atoms with Gasteiger partial charge < -0.3 is 19.7 Å². The number of piperazine rings is 1. The number of aromatic amines is 1. The zero-order valence-electron chi connectivity index (χ0n) is 23.3. The summed E-state index contributed by atoms with van der Waals surface area (Å²) in [7, 11) is 0. The van der Waals surface area contributed by atoms with Gasteiger partial charge >= 0.3 is 5.97 Å². The van der Waals surface area contributed by atoms with Gasteiger partial charge in [0.1, 0.15) is 5.82 Å². The molecule has 3 aromatic heterocycles. The number of nitrogens with zero attached hydrogens (tertiary/aromatic N) is 5. The van der Waals surface area contributed by atoms with Gasteiger partial charge in [0.15, 0.2) is 6.61 Å². The smallest absolute Gasteiger partial charge is 0.341 e. The fourth-order valence-electron chi connectivity index (χ4n) is 5.59. The molecule has 0 amide bonds. The van der Waals surface area contributed by atoms with Crippen molar-refractivity contribution >= 4 is 33.5 Å². The minimum Gasteiger partial charge on any atom is -0.479 e. The van der Waals surface area contributed by atoms with E-state index in [0.717, 1.165) is 43.4 Å². The number of nitriles is 1. The molecule has 0 bridgehead atoms. The number of carbonyl (C=O) groups is 1. The summed E-state index contributed by atoms with van der Waals surface area (Å²) >= 11 is 0. The average Bonchev–Trinajstić information content (AvgIpc) is 3.42. The van der Waals surface area contributed by atoms with Crippen molar-refractivity contribution in [3.8, 4) is 17.6 Å².